The van der Waals surface area contributed by atoms with Crippen molar-refractivity contribution >= 4 is 11.6 Å². The second kappa shape index (κ2) is 6.00. The van der Waals surface area contributed by atoms with Gasteiger partial charge in [-0.2, -0.15) is 5.10 Å². The molecule has 0 radical (unpaired) electrons. The minimum Gasteiger partial charge on any atom is -0.369 e. The zero-order valence-electron chi connectivity index (χ0n) is 14.6. The van der Waals surface area contributed by atoms with Crippen molar-refractivity contribution in [3.63, 3.8) is 0 Å². The Kier molecular flexibility index (Phi) is 3.80. The number of aromatic nitrogens is 4. The lowest BCUT2D eigenvalue weighted by atomic mass is 9.99. The van der Waals surface area contributed by atoms with Gasteiger partial charge >= 0.3 is 0 Å². The Bertz CT molecular complexity index is 942. The molecule has 4 rings (SSSR count). The third-order valence-corrected chi connectivity index (χ3v) is 4.62. The molecular weight excluding hydrogens is 318 g/mol. The smallest absolute Gasteiger partial charge is 0.270 e. The first kappa shape index (κ1) is 15.8. The molecule has 0 saturated carbocycles. The minimum atomic E-state index is -0.110. The monoisotopic (exact) mass is 339 g/mol. The Balaban J connectivity index is 1.55. The van der Waals surface area contributed by atoms with E-state index in [9.17, 15) is 4.79 Å². The van der Waals surface area contributed by atoms with Crippen molar-refractivity contribution in [2.75, 3.05) is 0 Å². The molecule has 4 heterocycles. The fourth-order valence-electron chi connectivity index (χ4n) is 3.48. The molecular formula is C18H21N5O2. The number of aryl methyl sites for hydroxylation is 1. The van der Waals surface area contributed by atoms with E-state index in [1.165, 1.54) is 0 Å². The molecule has 0 saturated heterocycles. The van der Waals surface area contributed by atoms with E-state index in [4.69, 9.17) is 4.74 Å². The van der Waals surface area contributed by atoms with Crippen LogP contribution in [0.25, 0.3) is 5.65 Å². The molecule has 0 unspecified atom stereocenters. The van der Waals surface area contributed by atoms with Crippen molar-refractivity contribution in [3.05, 3.63) is 53.2 Å². The van der Waals surface area contributed by atoms with E-state index in [1.807, 2.05) is 42.8 Å². The summed E-state index contributed by atoms with van der Waals surface area (Å²) in [4.78, 5) is 17.0. The highest BCUT2D eigenvalue weighted by Gasteiger charge is 2.31. The van der Waals surface area contributed by atoms with Crippen molar-refractivity contribution in [2.24, 2.45) is 7.05 Å². The van der Waals surface area contributed by atoms with Gasteiger partial charge in [0, 0.05) is 44.2 Å². The standard InChI is InChI=1S/C18H21N5O2/c1-11-8-14-16(12(2)25-11)21-22(3)17(14)18(24)20-10-13-4-6-23-7-5-19-15(23)9-13/h4-7,9,11-12H,8,10H2,1-3H3,(H,20,24)/t11-,12+/m1/s1. The normalized spacial score (nSPS) is 19.8. The summed E-state index contributed by atoms with van der Waals surface area (Å²) in [5, 5.41) is 7.50. The van der Waals surface area contributed by atoms with Gasteiger partial charge in [0.1, 0.15) is 11.3 Å². The van der Waals surface area contributed by atoms with Gasteiger partial charge in [0.15, 0.2) is 0 Å². The van der Waals surface area contributed by atoms with Gasteiger partial charge in [-0.15, -0.1) is 0 Å². The fraction of sp³-hybridized carbons (Fsp3) is 0.389. The predicted octanol–water partition coefficient (Wildman–Crippen LogP) is 2.02. The SMILES string of the molecule is C[C@@H]1Cc2c(nn(C)c2C(=O)NCc2ccn3ccnc3c2)[C@H](C)O1. The van der Waals surface area contributed by atoms with Crippen LogP contribution in [0.1, 0.15) is 47.3 Å². The number of hydrogen-bond acceptors (Lipinski definition) is 4. The second-order valence-electron chi connectivity index (χ2n) is 6.54. The van der Waals surface area contributed by atoms with E-state index in [1.54, 1.807) is 17.9 Å². The van der Waals surface area contributed by atoms with E-state index in [0.717, 1.165) is 22.5 Å². The van der Waals surface area contributed by atoms with Gasteiger partial charge in [0.25, 0.3) is 5.91 Å². The Labute approximate surface area is 145 Å². The Morgan fingerprint density at radius 2 is 2.24 bits per heavy atom. The molecule has 130 valence electrons. The first-order valence-corrected chi connectivity index (χ1v) is 8.44. The number of carbonyl (C=O) groups excluding carboxylic acids is 1. The van der Waals surface area contributed by atoms with Crippen LogP contribution in [0.3, 0.4) is 0 Å². The molecule has 1 aliphatic rings. The number of nitrogens with one attached hydrogen (secondary N) is 1. The molecule has 1 amide bonds. The Hall–Kier alpha value is -2.67. The summed E-state index contributed by atoms with van der Waals surface area (Å²) in [6, 6.07) is 3.95. The third-order valence-electron chi connectivity index (χ3n) is 4.62. The van der Waals surface area contributed by atoms with Gasteiger partial charge in [-0.05, 0) is 31.5 Å². The maximum Gasteiger partial charge on any atom is 0.270 e. The van der Waals surface area contributed by atoms with E-state index in [0.29, 0.717) is 18.7 Å². The molecule has 0 aromatic carbocycles. The highest BCUT2D eigenvalue weighted by Crippen LogP contribution is 2.31. The minimum absolute atomic E-state index is 0.0843. The van der Waals surface area contributed by atoms with Crippen LogP contribution in [0, 0.1) is 0 Å². The molecule has 2 atom stereocenters. The molecule has 25 heavy (non-hydrogen) atoms. The van der Waals surface area contributed by atoms with Crippen LogP contribution < -0.4 is 5.32 Å². The second-order valence-corrected chi connectivity index (χ2v) is 6.54. The van der Waals surface area contributed by atoms with Crippen molar-refractivity contribution in [3.8, 4) is 0 Å². The summed E-state index contributed by atoms with van der Waals surface area (Å²) in [5.41, 5.74) is 4.36. The van der Waals surface area contributed by atoms with Crippen LogP contribution in [-0.2, 0) is 24.8 Å². The Morgan fingerprint density at radius 1 is 1.40 bits per heavy atom. The first-order valence-electron chi connectivity index (χ1n) is 8.44. The quantitative estimate of drug-likeness (QED) is 0.792. The molecule has 3 aromatic rings. The van der Waals surface area contributed by atoms with Crippen LogP contribution in [0.5, 0.6) is 0 Å². The van der Waals surface area contributed by atoms with E-state index < -0.39 is 0 Å². The van der Waals surface area contributed by atoms with Crippen LogP contribution in [-0.4, -0.2) is 31.2 Å². The Morgan fingerprint density at radius 3 is 3.08 bits per heavy atom. The molecule has 0 aliphatic carbocycles. The summed E-state index contributed by atoms with van der Waals surface area (Å²) in [5.74, 6) is -0.110. The van der Waals surface area contributed by atoms with E-state index >= 15 is 0 Å². The number of carbonyl (C=O) groups is 1. The van der Waals surface area contributed by atoms with Crippen molar-refractivity contribution in [2.45, 2.75) is 39.0 Å². The van der Waals surface area contributed by atoms with E-state index in [-0.39, 0.29) is 18.1 Å². The zero-order valence-corrected chi connectivity index (χ0v) is 14.6. The largest absolute Gasteiger partial charge is 0.369 e. The highest BCUT2D eigenvalue weighted by molar-refractivity contribution is 5.94. The van der Waals surface area contributed by atoms with Gasteiger partial charge in [-0.1, -0.05) is 0 Å². The van der Waals surface area contributed by atoms with Gasteiger partial charge in [0.05, 0.1) is 17.9 Å². The molecule has 1 N–H and O–H groups in total. The lowest BCUT2D eigenvalue weighted by Crippen LogP contribution is -2.28. The molecule has 7 nitrogen and oxygen atoms in total. The molecule has 3 aromatic heterocycles. The van der Waals surface area contributed by atoms with E-state index in [2.05, 4.69) is 15.4 Å². The van der Waals surface area contributed by atoms with Gasteiger partial charge < -0.3 is 14.5 Å². The van der Waals surface area contributed by atoms with Gasteiger partial charge in [0.2, 0.25) is 0 Å². The maximum absolute atomic E-state index is 12.8. The topological polar surface area (TPSA) is 73.5 Å². The number of hydrogen-bond donors (Lipinski definition) is 1. The number of amides is 1. The number of ether oxygens (including phenoxy) is 1. The van der Waals surface area contributed by atoms with Gasteiger partial charge in [-0.25, -0.2) is 4.98 Å². The summed E-state index contributed by atoms with van der Waals surface area (Å²) < 4.78 is 9.40. The molecule has 0 spiro atoms. The fourth-order valence-corrected chi connectivity index (χ4v) is 3.48. The molecule has 1 aliphatic heterocycles. The third kappa shape index (κ3) is 2.80. The van der Waals surface area contributed by atoms with Crippen molar-refractivity contribution in [1.29, 1.82) is 0 Å². The van der Waals surface area contributed by atoms with Crippen LogP contribution in [0.4, 0.5) is 0 Å². The lowest BCUT2D eigenvalue weighted by Gasteiger charge is -2.24. The summed E-state index contributed by atoms with van der Waals surface area (Å²) >= 11 is 0. The van der Waals surface area contributed by atoms with Crippen molar-refractivity contribution < 1.29 is 9.53 Å². The predicted molar refractivity (Wildman–Crippen MR) is 92.2 cm³/mol. The summed E-state index contributed by atoms with van der Waals surface area (Å²) in [6.07, 6.45) is 6.29. The number of rotatable bonds is 3. The lowest BCUT2D eigenvalue weighted by molar-refractivity contribution is -0.00710. The zero-order chi connectivity index (χ0) is 17.6. The highest BCUT2D eigenvalue weighted by atomic mass is 16.5. The first-order chi connectivity index (χ1) is 12.0. The summed E-state index contributed by atoms with van der Waals surface area (Å²) in [6.45, 7) is 4.44. The van der Waals surface area contributed by atoms with Crippen LogP contribution in [0.15, 0.2) is 30.7 Å². The molecule has 0 fully saturated rings. The van der Waals surface area contributed by atoms with Crippen LogP contribution in [0.2, 0.25) is 0 Å². The number of nitrogens with zero attached hydrogens (tertiary/aromatic N) is 4. The van der Waals surface area contributed by atoms with Crippen LogP contribution >= 0.6 is 0 Å². The molecule has 7 heteroatoms. The van der Waals surface area contributed by atoms with Gasteiger partial charge in [-0.3, -0.25) is 9.48 Å². The molecule has 0 bridgehead atoms. The average Bonchev–Trinajstić information content (AvgIpc) is 3.16. The summed E-state index contributed by atoms with van der Waals surface area (Å²) in [7, 11) is 1.81. The maximum atomic E-state index is 12.8. The number of fused-ring (bicyclic) bond motifs is 2. The average molecular weight is 339 g/mol. The number of pyridine rings is 1. The van der Waals surface area contributed by atoms with Crippen molar-refractivity contribution in [1.82, 2.24) is 24.5 Å². The number of imidazole rings is 1.